The minimum atomic E-state index is -0.582. The lowest BCUT2D eigenvalue weighted by Gasteiger charge is -2.14. The maximum Gasteiger partial charge on any atom is 0.343 e. The quantitative estimate of drug-likeness (QED) is 0.196. The van der Waals surface area contributed by atoms with Crippen LogP contribution in [0.5, 0.6) is 11.5 Å². The second-order valence-electron chi connectivity index (χ2n) is 8.31. The van der Waals surface area contributed by atoms with Crippen molar-refractivity contribution >= 4 is 5.97 Å². The highest BCUT2D eigenvalue weighted by Gasteiger charge is 2.17. The number of rotatable bonds is 8. The molecule has 5 heteroatoms. The predicted molar refractivity (Wildman–Crippen MR) is 133 cm³/mol. The van der Waals surface area contributed by atoms with E-state index >= 15 is 0 Å². The summed E-state index contributed by atoms with van der Waals surface area (Å²) in [5, 5.41) is 0. The van der Waals surface area contributed by atoms with E-state index in [4.69, 9.17) is 9.47 Å². The number of halogens is 2. The van der Waals surface area contributed by atoms with Gasteiger partial charge in [-0.2, -0.15) is 0 Å². The Morgan fingerprint density at radius 1 is 0.800 bits per heavy atom. The molecule has 0 saturated heterocycles. The Bertz CT molecular complexity index is 1260. The molecule has 0 aliphatic carbocycles. The second-order valence-corrected chi connectivity index (χ2v) is 8.31. The molecule has 0 bridgehead atoms. The van der Waals surface area contributed by atoms with Gasteiger partial charge < -0.3 is 9.47 Å². The van der Waals surface area contributed by atoms with Crippen LogP contribution < -0.4 is 9.47 Å². The first-order chi connectivity index (χ1) is 16.9. The lowest BCUT2D eigenvalue weighted by Crippen LogP contribution is -2.08. The van der Waals surface area contributed by atoms with Gasteiger partial charge in [0.1, 0.15) is 23.1 Å². The third kappa shape index (κ3) is 5.93. The van der Waals surface area contributed by atoms with Crippen LogP contribution in [0.25, 0.3) is 11.1 Å². The highest BCUT2D eigenvalue weighted by Crippen LogP contribution is 2.29. The van der Waals surface area contributed by atoms with Crippen LogP contribution in [0.2, 0.25) is 0 Å². The van der Waals surface area contributed by atoms with Crippen LogP contribution in [0.3, 0.4) is 0 Å². The number of esters is 1. The van der Waals surface area contributed by atoms with E-state index in [2.05, 4.69) is 0 Å². The van der Waals surface area contributed by atoms with E-state index in [1.54, 1.807) is 48.5 Å². The highest BCUT2D eigenvalue weighted by atomic mass is 19.1. The molecule has 4 aromatic carbocycles. The van der Waals surface area contributed by atoms with Gasteiger partial charge in [0.2, 0.25) is 0 Å². The molecule has 0 aliphatic heterocycles. The van der Waals surface area contributed by atoms with E-state index in [-0.39, 0.29) is 17.9 Å². The number of hydrogen-bond acceptors (Lipinski definition) is 3. The van der Waals surface area contributed by atoms with Crippen LogP contribution in [-0.2, 0) is 6.42 Å². The zero-order valence-corrected chi connectivity index (χ0v) is 19.6. The molecular weight excluding hydrogens is 446 g/mol. The van der Waals surface area contributed by atoms with Gasteiger partial charge >= 0.3 is 5.97 Å². The summed E-state index contributed by atoms with van der Waals surface area (Å²) >= 11 is 0. The van der Waals surface area contributed by atoms with E-state index in [1.165, 1.54) is 12.1 Å². The Kier molecular flexibility index (Phi) is 7.56. The topological polar surface area (TPSA) is 35.5 Å². The number of ether oxygens (including phenoxy) is 2. The van der Waals surface area contributed by atoms with Crippen LogP contribution in [0, 0.1) is 11.6 Å². The summed E-state index contributed by atoms with van der Waals surface area (Å²) in [5.74, 6) is -0.623. The standard InChI is InChI=1S/C30H26F2O3/c1-3-34-25-13-15-26(16-14-25)35-30(33)23-11-9-22(10-12-23)24-18-28(31)27(29(32)19-24)17-20(2)21-7-5-4-6-8-21/h4-16,18-20H,3,17H2,1-2H3/t20-/m0/s1. The van der Waals surface area contributed by atoms with Crippen molar-refractivity contribution in [2.75, 3.05) is 6.61 Å². The second kappa shape index (κ2) is 11.0. The lowest BCUT2D eigenvalue weighted by molar-refractivity contribution is 0.0734. The molecule has 0 N–H and O–H groups in total. The minimum Gasteiger partial charge on any atom is -0.494 e. The van der Waals surface area contributed by atoms with Gasteiger partial charge in [-0.15, -0.1) is 0 Å². The van der Waals surface area contributed by atoms with Crippen molar-refractivity contribution in [2.24, 2.45) is 0 Å². The van der Waals surface area contributed by atoms with Crippen molar-refractivity contribution in [1.29, 1.82) is 0 Å². The van der Waals surface area contributed by atoms with Crippen LogP contribution >= 0.6 is 0 Å². The van der Waals surface area contributed by atoms with Gasteiger partial charge in [0.05, 0.1) is 12.2 Å². The van der Waals surface area contributed by atoms with Crippen molar-refractivity contribution in [3.63, 3.8) is 0 Å². The smallest absolute Gasteiger partial charge is 0.343 e. The molecule has 4 aromatic rings. The molecule has 0 aliphatic rings. The highest BCUT2D eigenvalue weighted by molar-refractivity contribution is 5.91. The maximum atomic E-state index is 14.9. The first kappa shape index (κ1) is 24.1. The number of hydrogen-bond donors (Lipinski definition) is 0. The molecule has 0 radical (unpaired) electrons. The lowest BCUT2D eigenvalue weighted by atomic mass is 9.92. The molecule has 1 atom stereocenters. The SMILES string of the molecule is CCOc1ccc(OC(=O)c2ccc(-c3cc(F)c(C[C@H](C)c4ccccc4)c(F)c3)cc2)cc1. The van der Waals surface area contributed by atoms with Crippen molar-refractivity contribution in [1.82, 2.24) is 0 Å². The van der Waals surface area contributed by atoms with E-state index in [0.29, 0.717) is 34.8 Å². The van der Waals surface area contributed by atoms with E-state index < -0.39 is 17.6 Å². The van der Waals surface area contributed by atoms with Crippen LogP contribution in [0.1, 0.15) is 41.3 Å². The molecule has 0 unspecified atom stereocenters. The summed E-state index contributed by atoms with van der Waals surface area (Å²) in [7, 11) is 0. The Morgan fingerprint density at radius 2 is 1.40 bits per heavy atom. The van der Waals surface area contributed by atoms with Gasteiger partial charge in [-0.25, -0.2) is 13.6 Å². The molecule has 0 aromatic heterocycles. The van der Waals surface area contributed by atoms with E-state index in [1.807, 2.05) is 44.2 Å². The zero-order chi connectivity index (χ0) is 24.8. The minimum absolute atomic E-state index is 0.0216. The van der Waals surface area contributed by atoms with Crippen LogP contribution in [0.4, 0.5) is 8.78 Å². The van der Waals surface area contributed by atoms with Crippen molar-refractivity contribution < 1.29 is 23.0 Å². The Labute approximate surface area is 204 Å². The van der Waals surface area contributed by atoms with E-state index in [9.17, 15) is 13.6 Å². The molecule has 3 nitrogen and oxygen atoms in total. The monoisotopic (exact) mass is 472 g/mol. The van der Waals surface area contributed by atoms with Crippen molar-refractivity contribution in [3.8, 4) is 22.6 Å². The largest absolute Gasteiger partial charge is 0.494 e. The zero-order valence-electron chi connectivity index (χ0n) is 19.6. The first-order valence-electron chi connectivity index (χ1n) is 11.5. The van der Waals surface area contributed by atoms with Gasteiger partial charge in [-0.05, 0) is 84.5 Å². The summed E-state index contributed by atoms with van der Waals surface area (Å²) in [4.78, 5) is 12.5. The molecule has 0 spiro atoms. The number of benzene rings is 4. The fourth-order valence-electron chi connectivity index (χ4n) is 3.91. The van der Waals surface area contributed by atoms with Gasteiger partial charge in [0, 0.05) is 5.56 Å². The molecule has 0 saturated carbocycles. The molecule has 0 amide bonds. The normalized spacial score (nSPS) is 11.7. The molecule has 4 rings (SSSR count). The summed E-state index contributed by atoms with van der Waals surface area (Å²) < 4.78 is 40.5. The van der Waals surface area contributed by atoms with Crippen LogP contribution in [-0.4, -0.2) is 12.6 Å². The molecule has 35 heavy (non-hydrogen) atoms. The summed E-state index contributed by atoms with van der Waals surface area (Å²) in [6.07, 6.45) is 0.262. The summed E-state index contributed by atoms with van der Waals surface area (Å²) in [6.45, 7) is 4.39. The molecular formula is C30H26F2O3. The Hall–Kier alpha value is -3.99. The fourth-order valence-corrected chi connectivity index (χ4v) is 3.91. The van der Waals surface area contributed by atoms with Crippen molar-refractivity contribution in [2.45, 2.75) is 26.2 Å². The first-order valence-corrected chi connectivity index (χ1v) is 11.5. The van der Waals surface area contributed by atoms with Crippen molar-refractivity contribution in [3.05, 3.63) is 119 Å². The maximum absolute atomic E-state index is 14.9. The van der Waals surface area contributed by atoms with Gasteiger partial charge in [-0.1, -0.05) is 49.4 Å². The average Bonchev–Trinajstić information content (AvgIpc) is 2.88. The van der Waals surface area contributed by atoms with Gasteiger partial charge in [0.25, 0.3) is 0 Å². The van der Waals surface area contributed by atoms with Gasteiger partial charge in [-0.3, -0.25) is 0 Å². The summed E-state index contributed by atoms with van der Waals surface area (Å²) in [6, 6.07) is 25.5. The molecule has 0 heterocycles. The van der Waals surface area contributed by atoms with E-state index in [0.717, 1.165) is 5.56 Å². The van der Waals surface area contributed by atoms with Crippen LogP contribution in [0.15, 0.2) is 91.0 Å². The average molecular weight is 473 g/mol. The Morgan fingerprint density at radius 3 is 2.00 bits per heavy atom. The van der Waals surface area contributed by atoms with Gasteiger partial charge in [0.15, 0.2) is 0 Å². The predicted octanol–water partition coefficient (Wildman–Crippen LogP) is 7.60. The Balaban J connectivity index is 1.46. The molecule has 0 fully saturated rings. The third-order valence-electron chi connectivity index (χ3n) is 5.82. The number of carbonyl (C=O) groups is 1. The number of carbonyl (C=O) groups excluding carboxylic acids is 1. The molecule has 178 valence electrons. The summed E-state index contributed by atoms with van der Waals surface area (Å²) in [5.41, 5.74) is 2.44. The fraction of sp³-hybridized carbons (Fsp3) is 0.167. The third-order valence-corrected chi connectivity index (χ3v) is 5.82.